The second kappa shape index (κ2) is 19.5. The van der Waals surface area contributed by atoms with Crippen LogP contribution in [0, 0.1) is 23.3 Å². The summed E-state index contributed by atoms with van der Waals surface area (Å²) >= 11 is 0. The molecular weight excluding hydrogens is 861 g/mol. The number of aromatic amines is 2. The van der Waals surface area contributed by atoms with Crippen LogP contribution in [0.2, 0.25) is 0 Å². The number of fused-ring (bicyclic) bond motifs is 2. The third-order valence-corrected chi connectivity index (χ3v) is 10.4. The number of ether oxygens (including phenoxy) is 2. The standard InChI is InChI=1S/C27H20F2N4O3.C21H16F2N4O3/c28-21-8-9-22(33-27(35)36-15-16-5-2-1-3-6-16)24(29)23(21)25(34)20-14-32-26-19(20)11-18(13-31-26)17-7-4-10-30-12-17;1-30-21(29)27-16-5-4-15(22)17(18(16)23)19(28)14-10-26-20-13(14)7-12(9-25-20)11-3-2-6-24-8-11/h1-14,25,34H,15H2,(H,31,32)(H,33,35);2-10,19,28H,1H3,(H,25,26)(H,27,29). The van der Waals surface area contributed by atoms with Crippen molar-refractivity contribution >= 4 is 45.6 Å². The van der Waals surface area contributed by atoms with Gasteiger partial charge >= 0.3 is 12.2 Å². The van der Waals surface area contributed by atoms with Gasteiger partial charge in [-0.2, -0.15) is 0 Å². The van der Waals surface area contributed by atoms with Crippen molar-refractivity contribution in [3.8, 4) is 22.3 Å². The number of benzene rings is 3. The van der Waals surface area contributed by atoms with Gasteiger partial charge in [0.05, 0.1) is 29.6 Å². The molecule has 0 fully saturated rings. The first kappa shape index (κ1) is 44.1. The molecule has 9 rings (SSSR count). The number of aromatic nitrogens is 6. The third kappa shape index (κ3) is 9.40. The molecule has 6 heterocycles. The van der Waals surface area contributed by atoms with Crippen LogP contribution in [-0.2, 0) is 16.1 Å². The molecule has 0 bridgehead atoms. The number of aliphatic hydroxyl groups is 2. The molecule has 0 spiro atoms. The fraction of sp³-hybridized carbons (Fsp3) is 0.0833. The minimum absolute atomic E-state index is 0.0213. The van der Waals surface area contributed by atoms with Gasteiger partial charge in [0.25, 0.3) is 0 Å². The Labute approximate surface area is 372 Å². The van der Waals surface area contributed by atoms with Crippen LogP contribution in [-0.4, -0.2) is 59.4 Å². The lowest BCUT2D eigenvalue weighted by atomic mass is 9.98. The molecule has 0 saturated carbocycles. The van der Waals surface area contributed by atoms with Crippen LogP contribution in [0.4, 0.5) is 38.5 Å². The predicted molar refractivity (Wildman–Crippen MR) is 236 cm³/mol. The Morgan fingerprint density at radius 3 is 1.56 bits per heavy atom. The first-order valence-corrected chi connectivity index (χ1v) is 19.9. The molecule has 332 valence electrons. The average Bonchev–Trinajstić information content (AvgIpc) is 3.98. The van der Waals surface area contributed by atoms with E-state index in [4.69, 9.17) is 4.74 Å². The second-order valence-electron chi connectivity index (χ2n) is 14.5. The van der Waals surface area contributed by atoms with Crippen molar-refractivity contribution in [3.05, 3.63) is 192 Å². The van der Waals surface area contributed by atoms with Crippen LogP contribution >= 0.6 is 0 Å². The van der Waals surface area contributed by atoms with Crippen LogP contribution < -0.4 is 10.6 Å². The first-order chi connectivity index (χ1) is 32.0. The molecule has 9 aromatic rings. The van der Waals surface area contributed by atoms with Crippen molar-refractivity contribution in [2.75, 3.05) is 17.7 Å². The minimum Gasteiger partial charge on any atom is -0.453 e. The molecule has 0 saturated heterocycles. The number of methoxy groups -OCH3 is 1. The summed E-state index contributed by atoms with van der Waals surface area (Å²) in [4.78, 5) is 46.2. The van der Waals surface area contributed by atoms with Gasteiger partial charge in [0, 0.05) is 93.7 Å². The van der Waals surface area contributed by atoms with E-state index in [0.717, 1.165) is 59.2 Å². The Bertz CT molecular complexity index is 3180. The highest BCUT2D eigenvalue weighted by Gasteiger charge is 2.27. The molecule has 0 radical (unpaired) electrons. The number of nitrogens with zero attached hydrogens (tertiary/aromatic N) is 4. The zero-order chi connectivity index (χ0) is 46.3. The van der Waals surface area contributed by atoms with Gasteiger partial charge in [0.15, 0.2) is 11.6 Å². The van der Waals surface area contributed by atoms with E-state index in [9.17, 15) is 33.0 Å². The van der Waals surface area contributed by atoms with Gasteiger partial charge in [-0.25, -0.2) is 37.1 Å². The second-order valence-corrected chi connectivity index (χ2v) is 14.5. The van der Waals surface area contributed by atoms with Crippen LogP contribution in [0.25, 0.3) is 44.3 Å². The van der Waals surface area contributed by atoms with Gasteiger partial charge in [0.1, 0.15) is 41.7 Å². The molecule has 2 atom stereocenters. The summed E-state index contributed by atoms with van der Waals surface area (Å²) < 4.78 is 69.0. The molecular formula is C48H36F4N8O6. The maximum atomic E-state index is 15.3. The summed E-state index contributed by atoms with van der Waals surface area (Å²) in [6.45, 7) is -0.0213. The number of hydrogen-bond acceptors (Lipinski definition) is 10. The predicted octanol–water partition coefficient (Wildman–Crippen LogP) is 9.90. The lowest BCUT2D eigenvalue weighted by molar-refractivity contribution is 0.155. The molecule has 14 nitrogen and oxygen atoms in total. The van der Waals surface area contributed by atoms with E-state index >= 15 is 4.39 Å². The molecule has 2 amide bonds. The molecule has 66 heavy (non-hydrogen) atoms. The van der Waals surface area contributed by atoms with Gasteiger partial charge < -0.3 is 29.7 Å². The van der Waals surface area contributed by atoms with Crippen LogP contribution in [0.1, 0.15) is 40.0 Å². The van der Waals surface area contributed by atoms with E-state index in [0.29, 0.717) is 22.1 Å². The van der Waals surface area contributed by atoms with E-state index in [1.807, 2.05) is 18.2 Å². The number of anilines is 2. The summed E-state index contributed by atoms with van der Waals surface area (Å²) in [5.41, 5.74) is 3.30. The van der Waals surface area contributed by atoms with Crippen molar-refractivity contribution in [2.45, 2.75) is 18.8 Å². The Balaban J connectivity index is 0.000000182. The zero-order valence-electron chi connectivity index (χ0n) is 34.5. The number of H-pyrrole nitrogens is 2. The fourth-order valence-electron chi connectivity index (χ4n) is 7.06. The van der Waals surface area contributed by atoms with Crippen molar-refractivity contribution in [2.24, 2.45) is 0 Å². The quantitative estimate of drug-likeness (QED) is 0.0718. The molecule has 0 aliphatic heterocycles. The minimum atomic E-state index is -1.67. The van der Waals surface area contributed by atoms with E-state index in [1.54, 1.807) is 85.7 Å². The monoisotopic (exact) mass is 896 g/mol. The molecule has 3 aromatic carbocycles. The molecule has 18 heteroatoms. The lowest BCUT2D eigenvalue weighted by Gasteiger charge is -2.16. The third-order valence-electron chi connectivity index (χ3n) is 10.4. The Morgan fingerprint density at radius 1 is 0.621 bits per heavy atom. The van der Waals surface area contributed by atoms with Crippen molar-refractivity contribution in [1.82, 2.24) is 29.9 Å². The summed E-state index contributed by atoms with van der Waals surface area (Å²) in [6, 6.07) is 23.8. The molecule has 6 aromatic heterocycles. The maximum Gasteiger partial charge on any atom is 0.412 e. The van der Waals surface area contributed by atoms with E-state index in [-0.39, 0.29) is 29.1 Å². The van der Waals surface area contributed by atoms with Crippen LogP contribution in [0.15, 0.2) is 141 Å². The zero-order valence-corrected chi connectivity index (χ0v) is 34.5. The van der Waals surface area contributed by atoms with Gasteiger partial charge in [-0.15, -0.1) is 0 Å². The van der Waals surface area contributed by atoms with Crippen molar-refractivity contribution in [1.29, 1.82) is 0 Å². The summed E-state index contributed by atoms with van der Waals surface area (Å²) in [7, 11) is 1.12. The highest BCUT2D eigenvalue weighted by Crippen LogP contribution is 2.37. The van der Waals surface area contributed by atoms with Crippen molar-refractivity contribution < 1.29 is 46.8 Å². The van der Waals surface area contributed by atoms with Gasteiger partial charge in [-0.3, -0.25) is 20.6 Å². The SMILES string of the molecule is COC(=O)Nc1ccc(F)c(C(O)c2c[nH]c3ncc(-c4cccnc4)cc23)c1F.O=C(Nc1ccc(F)c(C(O)c2c[nH]c3ncc(-c4cccnc4)cc23)c1F)OCc1ccccc1. The molecule has 2 unspecified atom stereocenters. The van der Waals surface area contributed by atoms with Crippen LogP contribution in [0.5, 0.6) is 0 Å². The van der Waals surface area contributed by atoms with Crippen molar-refractivity contribution in [3.63, 3.8) is 0 Å². The smallest absolute Gasteiger partial charge is 0.412 e. The molecule has 6 N–H and O–H groups in total. The molecule has 0 aliphatic carbocycles. The number of rotatable bonds is 10. The number of hydrogen-bond donors (Lipinski definition) is 6. The van der Waals surface area contributed by atoms with Gasteiger partial charge in [-0.1, -0.05) is 42.5 Å². The Kier molecular flexibility index (Phi) is 13.0. The van der Waals surface area contributed by atoms with Gasteiger partial charge in [-0.05, 0) is 54.1 Å². The highest BCUT2D eigenvalue weighted by molar-refractivity contribution is 5.88. The number of halogens is 4. The Hall–Kier alpha value is -8.48. The highest BCUT2D eigenvalue weighted by atomic mass is 19.1. The maximum absolute atomic E-state index is 15.3. The lowest BCUT2D eigenvalue weighted by Crippen LogP contribution is -2.16. The first-order valence-electron chi connectivity index (χ1n) is 19.9. The van der Waals surface area contributed by atoms with E-state index in [2.05, 4.69) is 45.3 Å². The average molecular weight is 897 g/mol. The van der Waals surface area contributed by atoms with Gasteiger partial charge in [0.2, 0.25) is 0 Å². The normalized spacial score (nSPS) is 11.9. The Morgan fingerprint density at radius 2 is 1.11 bits per heavy atom. The van der Waals surface area contributed by atoms with Crippen LogP contribution in [0.3, 0.4) is 0 Å². The number of pyridine rings is 4. The molecule has 0 aliphatic rings. The summed E-state index contributed by atoms with van der Waals surface area (Å²) in [5.74, 6) is -4.13. The summed E-state index contributed by atoms with van der Waals surface area (Å²) in [5, 5.41) is 27.3. The number of carbonyl (C=O) groups excluding carboxylic acids is 2. The number of aliphatic hydroxyl groups excluding tert-OH is 2. The van der Waals surface area contributed by atoms with E-state index in [1.165, 1.54) is 12.4 Å². The largest absolute Gasteiger partial charge is 0.453 e. The topological polar surface area (TPSA) is 200 Å². The van der Waals surface area contributed by atoms with E-state index < -0.39 is 58.8 Å². The number of nitrogens with one attached hydrogen (secondary N) is 4. The number of carbonyl (C=O) groups is 2. The summed E-state index contributed by atoms with van der Waals surface area (Å²) in [6.07, 6.45) is 7.61. The number of amides is 2. The fourth-order valence-corrected chi connectivity index (χ4v) is 7.06.